The maximum absolute atomic E-state index is 12.0. The molecule has 0 radical (unpaired) electrons. The number of benzene rings is 1. The Morgan fingerprint density at radius 3 is 2.48 bits per heavy atom. The van der Waals surface area contributed by atoms with Gasteiger partial charge in [-0.1, -0.05) is 31.4 Å². The Hall–Kier alpha value is -3.14. The summed E-state index contributed by atoms with van der Waals surface area (Å²) in [6.45, 7) is 1.40. The van der Waals surface area contributed by atoms with E-state index in [2.05, 4.69) is 10.6 Å². The molecule has 7 nitrogen and oxygen atoms in total. The van der Waals surface area contributed by atoms with Gasteiger partial charge in [0.25, 0.3) is 5.91 Å². The van der Waals surface area contributed by atoms with Crippen molar-refractivity contribution in [1.29, 1.82) is 5.26 Å². The molecule has 7 heteroatoms. The number of amides is 3. The Morgan fingerprint density at radius 2 is 1.85 bits per heavy atom. The molecule has 0 saturated heterocycles. The lowest BCUT2D eigenvalue weighted by Crippen LogP contribution is -2.48. The lowest BCUT2D eigenvalue weighted by molar-refractivity contribution is -0.149. The lowest BCUT2D eigenvalue weighted by Gasteiger charge is -2.23. The zero-order valence-corrected chi connectivity index (χ0v) is 15.2. The van der Waals surface area contributed by atoms with Crippen LogP contribution in [-0.2, 0) is 14.3 Å². The first-order chi connectivity index (χ1) is 13.0. The second-order valence-electron chi connectivity index (χ2n) is 6.44. The molecule has 1 atom stereocenters. The number of imide groups is 1. The van der Waals surface area contributed by atoms with Crippen LogP contribution in [0.25, 0.3) is 6.08 Å². The number of nitrogens with one attached hydrogen (secondary N) is 2. The minimum absolute atomic E-state index is 0.0831. The SMILES string of the molecule is C[C@H](OC(=O)/C=C/c1ccc(C#N)cc1)C(=O)NC(=O)NC1CCCCC1. The van der Waals surface area contributed by atoms with Gasteiger partial charge in [-0.15, -0.1) is 0 Å². The zero-order valence-electron chi connectivity index (χ0n) is 15.2. The first-order valence-corrected chi connectivity index (χ1v) is 8.98. The zero-order chi connectivity index (χ0) is 19.6. The topological polar surface area (TPSA) is 108 Å². The molecule has 2 rings (SSSR count). The number of nitrogens with zero attached hydrogens (tertiary/aromatic N) is 1. The summed E-state index contributed by atoms with van der Waals surface area (Å²) in [5.74, 6) is -1.38. The van der Waals surface area contributed by atoms with Gasteiger partial charge in [-0.3, -0.25) is 10.1 Å². The molecule has 2 N–H and O–H groups in total. The fourth-order valence-electron chi connectivity index (χ4n) is 2.78. The lowest BCUT2D eigenvalue weighted by atomic mass is 9.96. The van der Waals surface area contributed by atoms with Gasteiger partial charge < -0.3 is 10.1 Å². The molecule has 27 heavy (non-hydrogen) atoms. The van der Waals surface area contributed by atoms with Gasteiger partial charge in [0, 0.05) is 12.1 Å². The van der Waals surface area contributed by atoms with Crippen molar-refractivity contribution >= 4 is 24.0 Å². The largest absolute Gasteiger partial charge is 0.449 e. The number of carbonyl (C=O) groups is 3. The Balaban J connectivity index is 1.76. The number of urea groups is 1. The molecular formula is C20H23N3O4. The van der Waals surface area contributed by atoms with Crippen LogP contribution in [0.15, 0.2) is 30.3 Å². The van der Waals surface area contributed by atoms with Crippen LogP contribution in [0.5, 0.6) is 0 Å². The van der Waals surface area contributed by atoms with Crippen molar-refractivity contribution in [1.82, 2.24) is 10.6 Å². The molecule has 0 spiro atoms. The summed E-state index contributed by atoms with van der Waals surface area (Å²) in [5, 5.41) is 13.7. The molecule has 142 valence electrons. The van der Waals surface area contributed by atoms with Gasteiger partial charge in [0.15, 0.2) is 6.10 Å². The predicted molar refractivity (Wildman–Crippen MR) is 99.3 cm³/mol. The standard InChI is InChI=1S/C20H23N3O4/c1-14(19(25)23-20(26)22-17-5-3-2-4-6-17)27-18(24)12-11-15-7-9-16(13-21)10-8-15/h7-12,14,17H,2-6H2,1H3,(H2,22,23,25,26)/b12-11+/t14-/m0/s1. The summed E-state index contributed by atoms with van der Waals surface area (Å²) in [4.78, 5) is 35.6. The third kappa shape index (κ3) is 6.94. The van der Waals surface area contributed by atoms with Gasteiger partial charge in [0.05, 0.1) is 11.6 Å². The molecule has 1 aliphatic carbocycles. The van der Waals surface area contributed by atoms with Crippen LogP contribution in [0.2, 0.25) is 0 Å². The van der Waals surface area contributed by atoms with E-state index in [-0.39, 0.29) is 6.04 Å². The molecule has 0 aliphatic heterocycles. The first-order valence-electron chi connectivity index (χ1n) is 8.98. The Bertz CT molecular complexity index is 743. The van der Waals surface area contributed by atoms with E-state index >= 15 is 0 Å². The average molecular weight is 369 g/mol. The van der Waals surface area contributed by atoms with E-state index < -0.39 is 24.0 Å². The van der Waals surface area contributed by atoms with E-state index in [1.54, 1.807) is 24.3 Å². The number of nitriles is 1. The molecule has 1 saturated carbocycles. The number of ether oxygens (including phenoxy) is 1. The summed E-state index contributed by atoms with van der Waals surface area (Å²) in [6.07, 6.45) is 6.73. The molecule has 1 aromatic carbocycles. The second-order valence-corrected chi connectivity index (χ2v) is 6.44. The highest BCUT2D eigenvalue weighted by Gasteiger charge is 2.21. The van der Waals surface area contributed by atoms with Crippen molar-refractivity contribution in [3.05, 3.63) is 41.5 Å². The molecule has 1 aliphatic rings. The third-order valence-corrected chi connectivity index (χ3v) is 4.29. The maximum Gasteiger partial charge on any atom is 0.331 e. The summed E-state index contributed by atoms with van der Waals surface area (Å²) < 4.78 is 5.00. The van der Waals surface area contributed by atoms with Crippen LogP contribution >= 0.6 is 0 Å². The number of esters is 1. The fourth-order valence-corrected chi connectivity index (χ4v) is 2.78. The summed E-state index contributed by atoms with van der Waals surface area (Å²) in [5.41, 5.74) is 1.24. The normalized spacial score (nSPS) is 15.6. The van der Waals surface area contributed by atoms with E-state index in [1.165, 1.54) is 25.5 Å². The average Bonchev–Trinajstić information content (AvgIpc) is 2.67. The van der Waals surface area contributed by atoms with Crippen LogP contribution in [0.3, 0.4) is 0 Å². The fraction of sp³-hybridized carbons (Fsp3) is 0.400. The molecule has 3 amide bonds. The number of rotatable bonds is 5. The minimum atomic E-state index is -1.10. The van der Waals surface area contributed by atoms with Gasteiger partial charge in [0.1, 0.15) is 0 Å². The highest BCUT2D eigenvalue weighted by Crippen LogP contribution is 2.17. The van der Waals surface area contributed by atoms with Crippen molar-refractivity contribution < 1.29 is 19.1 Å². The molecule has 1 aromatic rings. The summed E-state index contributed by atoms with van der Waals surface area (Å²) in [6, 6.07) is 8.16. The van der Waals surface area contributed by atoms with Gasteiger partial charge >= 0.3 is 12.0 Å². The monoisotopic (exact) mass is 369 g/mol. The van der Waals surface area contributed by atoms with Crippen molar-refractivity contribution in [2.24, 2.45) is 0 Å². The van der Waals surface area contributed by atoms with Crippen LogP contribution in [0.1, 0.15) is 50.2 Å². The number of hydrogen-bond acceptors (Lipinski definition) is 5. The highest BCUT2D eigenvalue weighted by atomic mass is 16.5. The van der Waals surface area contributed by atoms with Crippen LogP contribution < -0.4 is 10.6 Å². The van der Waals surface area contributed by atoms with Gasteiger partial charge in [-0.25, -0.2) is 9.59 Å². The molecule has 0 unspecified atom stereocenters. The van der Waals surface area contributed by atoms with Crippen molar-refractivity contribution in [2.45, 2.75) is 51.2 Å². The van der Waals surface area contributed by atoms with Crippen molar-refractivity contribution in [3.63, 3.8) is 0 Å². The number of hydrogen-bond donors (Lipinski definition) is 2. The molecule has 0 aromatic heterocycles. The van der Waals surface area contributed by atoms with E-state index in [0.29, 0.717) is 5.56 Å². The third-order valence-electron chi connectivity index (χ3n) is 4.29. The quantitative estimate of drug-likeness (QED) is 0.613. The summed E-state index contributed by atoms with van der Waals surface area (Å²) in [7, 11) is 0. The van der Waals surface area contributed by atoms with E-state index in [4.69, 9.17) is 10.00 Å². The minimum Gasteiger partial charge on any atom is -0.449 e. The van der Waals surface area contributed by atoms with Crippen molar-refractivity contribution in [2.75, 3.05) is 0 Å². The van der Waals surface area contributed by atoms with Crippen LogP contribution in [-0.4, -0.2) is 30.1 Å². The van der Waals surface area contributed by atoms with E-state index in [1.807, 2.05) is 6.07 Å². The Kier molecular flexibility index (Phi) is 7.56. The smallest absolute Gasteiger partial charge is 0.331 e. The Labute approximate surface area is 158 Å². The van der Waals surface area contributed by atoms with E-state index in [9.17, 15) is 14.4 Å². The first kappa shape index (κ1) is 20.2. The molecular weight excluding hydrogens is 346 g/mol. The molecule has 1 fully saturated rings. The van der Waals surface area contributed by atoms with E-state index in [0.717, 1.165) is 31.2 Å². The molecule has 0 heterocycles. The van der Waals surface area contributed by atoms with Crippen LogP contribution in [0.4, 0.5) is 4.79 Å². The van der Waals surface area contributed by atoms with Gasteiger partial charge in [0.2, 0.25) is 0 Å². The second kappa shape index (κ2) is 10.1. The predicted octanol–water partition coefficient (Wildman–Crippen LogP) is 2.66. The molecule has 0 bridgehead atoms. The van der Waals surface area contributed by atoms with Gasteiger partial charge in [-0.05, 0) is 43.5 Å². The Morgan fingerprint density at radius 1 is 1.19 bits per heavy atom. The number of carbonyl (C=O) groups excluding carboxylic acids is 3. The summed E-state index contributed by atoms with van der Waals surface area (Å²) >= 11 is 0. The highest BCUT2D eigenvalue weighted by molar-refractivity contribution is 5.98. The maximum atomic E-state index is 12.0. The van der Waals surface area contributed by atoms with Gasteiger partial charge in [-0.2, -0.15) is 5.26 Å². The van der Waals surface area contributed by atoms with Crippen LogP contribution in [0, 0.1) is 11.3 Å². The van der Waals surface area contributed by atoms with Crippen molar-refractivity contribution in [3.8, 4) is 6.07 Å².